The maximum atomic E-state index is 4.49. The van der Waals surface area contributed by atoms with Gasteiger partial charge in [0.25, 0.3) is 0 Å². The van der Waals surface area contributed by atoms with E-state index in [-0.39, 0.29) is 0 Å². The Labute approximate surface area is 89.9 Å². The summed E-state index contributed by atoms with van der Waals surface area (Å²) < 4.78 is 0. The van der Waals surface area contributed by atoms with Crippen LogP contribution in [0.25, 0.3) is 0 Å². The fraction of sp³-hybridized carbons (Fsp3) is 0.600. The lowest BCUT2D eigenvalue weighted by molar-refractivity contribution is 0.626. The first-order chi connectivity index (χ1) is 7.22. The van der Waals surface area contributed by atoms with E-state index in [1.807, 2.05) is 26.0 Å². The largest absolute Gasteiger partial charge is 0.362 e. The molecule has 0 unspecified atom stereocenters. The van der Waals surface area contributed by atoms with Gasteiger partial charge in [0.15, 0.2) is 0 Å². The average Bonchev–Trinajstić information content (AvgIpc) is 2.27. The van der Waals surface area contributed by atoms with Gasteiger partial charge in [-0.1, -0.05) is 0 Å². The molecule has 1 aliphatic rings. The zero-order valence-electron chi connectivity index (χ0n) is 9.46. The van der Waals surface area contributed by atoms with Crippen LogP contribution < -0.4 is 15.5 Å². The van der Waals surface area contributed by atoms with E-state index >= 15 is 0 Å². The van der Waals surface area contributed by atoms with Crippen LogP contribution >= 0.6 is 0 Å². The first-order valence-corrected chi connectivity index (χ1v) is 5.18. The molecular weight excluding hydrogens is 190 g/mol. The molecule has 1 aliphatic heterocycles. The Hall–Kier alpha value is -1.36. The molecule has 0 atom stereocenters. The Bertz CT molecular complexity index is 361. The van der Waals surface area contributed by atoms with Gasteiger partial charge >= 0.3 is 0 Å². The summed E-state index contributed by atoms with van der Waals surface area (Å²) in [7, 11) is 5.87. The van der Waals surface area contributed by atoms with E-state index in [2.05, 4.69) is 20.6 Å². The molecular formula is C10H17N5. The molecule has 1 aromatic heterocycles. The van der Waals surface area contributed by atoms with Crippen molar-refractivity contribution in [3.8, 4) is 0 Å². The monoisotopic (exact) mass is 207 g/mol. The van der Waals surface area contributed by atoms with Gasteiger partial charge in [-0.15, -0.1) is 0 Å². The summed E-state index contributed by atoms with van der Waals surface area (Å²) in [5.41, 5.74) is 2.39. The van der Waals surface area contributed by atoms with E-state index in [1.165, 1.54) is 5.56 Å². The second kappa shape index (κ2) is 4.02. The summed E-state index contributed by atoms with van der Waals surface area (Å²) in [4.78, 5) is 11.0. The van der Waals surface area contributed by atoms with E-state index in [0.29, 0.717) is 5.95 Å². The molecule has 0 saturated carbocycles. The van der Waals surface area contributed by atoms with Crippen molar-refractivity contribution in [3.63, 3.8) is 0 Å². The molecule has 0 spiro atoms. The fourth-order valence-electron chi connectivity index (χ4n) is 1.81. The van der Waals surface area contributed by atoms with E-state index in [1.54, 1.807) is 0 Å². The zero-order valence-corrected chi connectivity index (χ0v) is 9.46. The Morgan fingerprint density at radius 3 is 2.80 bits per heavy atom. The highest BCUT2D eigenvalue weighted by Gasteiger charge is 2.17. The predicted octanol–water partition coefficient (Wildman–Crippen LogP) is 0.230. The highest BCUT2D eigenvalue weighted by atomic mass is 15.2. The first-order valence-electron chi connectivity index (χ1n) is 5.18. The maximum Gasteiger partial charge on any atom is 0.224 e. The third kappa shape index (κ3) is 1.87. The highest BCUT2D eigenvalue weighted by Crippen LogP contribution is 2.23. The molecule has 0 saturated heterocycles. The van der Waals surface area contributed by atoms with Gasteiger partial charge in [-0.3, -0.25) is 0 Å². The normalized spacial score (nSPS) is 14.6. The maximum absolute atomic E-state index is 4.49. The minimum Gasteiger partial charge on any atom is -0.362 e. The Balaban J connectivity index is 2.50. The van der Waals surface area contributed by atoms with Crippen molar-refractivity contribution in [2.75, 3.05) is 37.9 Å². The second-order valence-corrected chi connectivity index (χ2v) is 3.87. The van der Waals surface area contributed by atoms with Gasteiger partial charge in [0.1, 0.15) is 5.82 Å². The number of aromatic nitrogens is 2. The molecule has 15 heavy (non-hydrogen) atoms. The van der Waals surface area contributed by atoms with Crippen molar-refractivity contribution < 1.29 is 0 Å². The van der Waals surface area contributed by atoms with Crippen molar-refractivity contribution in [3.05, 3.63) is 11.3 Å². The number of rotatable bonds is 2. The molecule has 1 aromatic rings. The van der Waals surface area contributed by atoms with Gasteiger partial charge in [-0.25, -0.2) is 4.98 Å². The van der Waals surface area contributed by atoms with Crippen LogP contribution in [-0.2, 0) is 13.0 Å². The first kappa shape index (κ1) is 10.2. The van der Waals surface area contributed by atoms with Gasteiger partial charge in [-0.2, -0.15) is 4.98 Å². The molecule has 0 bridgehead atoms. The summed E-state index contributed by atoms with van der Waals surface area (Å²) in [6, 6.07) is 0. The molecule has 2 heterocycles. The molecule has 0 fully saturated rings. The van der Waals surface area contributed by atoms with Crippen LogP contribution in [0.4, 0.5) is 11.8 Å². The Kier molecular flexibility index (Phi) is 2.73. The van der Waals surface area contributed by atoms with Crippen molar-refractivity contribution in [1.29, 1.82) is 0 Å². The van der Waals surface area contributed by atoms with Crippen LogP contribution in [0.1, 0.15) is 11.3 Å². The smallest absolute Gasteiger partial charge is 0.224 e. The van der Waals surface area contributed by atoms with Crippen LogP contribution in [0.15, 0.2) is 0 Å². The lowest BCUT2D eigenvalue weighted by Gasteiger charge is -2.23. The molecule has 5 nitrogen and oxygen atoms in total. The summed E-state index contributed by atoms with van der Waals surface area (Å²) >= 11 is 0. The number of nitrogens with zero attached hydrogens (tertiary/aromatic N) is 3. The standard InChI is InChI=1S/C10H17N5/c1-11-10-13-8-4-5-12-6-7(8)9(14-10)15(2)3/h12H,4-6H2,1-3H3,(H,11,13,14). The average molecular weight is 207 g/mol. The van der Waals surface area contributed by atoms with E-state index < -0.39 is 0 Å². The molecule has 5 heteroatoms. The third-order valence-electron chi connectivity index (χ3n) is 2.56. The topological polar surface area (TPSA) is 53.1 Å². The van der Waals surface area contributed by atoms with Gasteiger partial charge in [0.05, 0.1) is 5.69 Å². The summed E-state index contributed by atoms with van der Waals surface area (Å²) in [6.07, 6.45) is 0.980. The van der Waals surface area contributed by atoms with Crippen LogP contribution in [0.3, 0.4) is 0 Å². The Morgan fingerprint density at radius 2 is 2.13 bits per heavy atom. The van der Waals surface area contributed by atoms with Crippen LogP contribution in [0.5, 0.6) is 0 Å². The fourth-order valence-corrected chi connectivity index (χ4v) is 1.81. The number of fused-ring (bicyclic) bond motifs is 1. The van der Waals surface area contributed by atoms with Crippen LogP contribution in [0.2, 0.25) is 0 Å². The van der Waals surface area contributed by atoms with Gasteiger partial charge in [0, 0.05) is 46.2 Å². The van der Waals surface area contributed by atoms with E-state index in [9.17, 15) is 0 Å². The van der Waals surface area contributed by atoms with Crippen LogP contribution in [-0.4, -0.2) is 37.7 Å². The molecule has 2 N–H and O–H groups in total. The van der Waals surface area contributed by atoms with Gasteiger partial charge < -0.3 is 15.5 Å². The highest BCUT2D eigenvalue weighted by molar-refractivity contribution is 5.52. The molecule has 0 amide bonds. The molecule has 82 valence electrons. The number of nitrogens with one attached hydrogen (secondary N) is 2. The third-order valence-corrected chi connectivity index (χ3v) is 2.56. The molecule has 0 radical (unpaired) electrons. The summed E-state index contributed by atoms with van der Waals surface area (Å²) in [5, 5.41) is 6.35. The van der Waals surface area contributed by atoms with Gasteiger partial charge in [-0.05, 0) is 0 Å². The van der Waals surface area contributed by atoms with E-state index in [4.69, 9.17) is 0 Å². The molecule has 0 aromatic carbocycles. The second-order valence-electron chi connectivity index (χ2n) is 3.87. The number of anilines is 2. The van der Waals surface area contributed by atoms with Gasteiger partial charge in [0.2, 0.25) is 5.95 Å². The Morgan fingerprint density at radius 1 is 1.33 bits per heavy atom. The predicted molar refractivity (Wildman–Crippen MR) is 61.3 cm³/mol. The van der Waals surface area contributed by atoms with Crippen molar-refractivity contribution in [2.24, 2.45) is 0 Å². The lowest BCUT2D eigenvalue weighted by Crippen LogP contribution is -2.28. The number of hydrogen-bond donors (Lipinski definition) is 2. The lowest BCUT2D eigenvalue weighted by atomic mass is 10.1. The summed E-state index contributed by atoms with van der Waals surface area (Å²) in [6.45, 7) is 1.87. The minimum absolute atomic E-state index is 0.708. The number of hydrogen-bond acceptors (Lipinski definition) is 5. The SMILES string of the molecule is CNc1nc2c(c(N(C)C)n1)CNCC2. The molecule has 0 aliphatic carbocycles. The minimum atomic E-state index is 0.708. The van der Waals surface area contributed by atoms with E-state index in [0.717, 1.165) is 31.0 Å². The summed E-state index contributed by atoms with van der Waals surface area (Å²) in [5.74, 6) is 1.72. The van der Waals surface area contributed by atoms with Crippen molar-refractivity contribution >= 4 is 11.8 Å². The molecule has 2 rings (SSSR count). The zero-order chi connectivity index (χ0) is 10.8. The van der Waals surface area contributed by atoms with Crippen molar-refractivity contribution in [1.82, 2.24) is 15.3 Å². The van der Waals surface area contributed by atoms with Crippen molar-refractivity contribution in [2.45, 2.75) is 13.0 Å². The quantitative estimate of drug-likeness (QED) is 0.727. The van der Waals surface area contributed by atoms with Crippen LogP contribution in [0, 0.1) is 0 Å².